The van der Waals surface area contributed by atoms with Crippen LogP contribution in [0.4, 0.5) is 5.69 Å². The second kappa shape index (κ2) is 8.89. The Morgan fingerprint density at radius 2 is 1.78 bits per heavy atom. The van der Waals surface area contributed by atoms with Crippen LogP contribution in [0.15, 0.2) is 63.3 Å². The molecule has 0 spiro atoms. The van der Waals surface area contributed by atoms with Crippen LogP contribution >= 0.6 is 11.8 Å². The number of piperazine rings is 1. The fraction of sp³-hybridized carbons (Fsp3) is 0.381. The number of para-hydroxylation sites is 1. The smallest absolute Gasteiger partial charge is 0.137 e. The van der Waals surface area contributed by atoms with Gasteiger partial charge in [0, 0.05) is 53.5 Å². The van der Waals surface area contributed by atoms with Gasteiger partial charge < -0.3 is 14.7 Å². The first kappa shape index (κ1) is 14.2. The van der Waals surface area contributed by atoms with E-state index in [2.05, 4.69) is 0 Å². The summed E-state index contributed by atoms with van der Waals surface area (Å²) >= 11 is 1.61. The standard InChI is InChI=1S/C21H25N3O2S/c25-14-16-26-15-13-23-9-11-24(12-10-23)21-17-5-1-3-7-19(17)27-20-8-4-2-6-18(20)22-21/h1-8,25H,9-16H2/i9D2,10D2. The van der Waals surface area contributed by atoms with E-state index in [-0.39, 0.29) is 39.5 Å². The van der Waals surface area contributed by atoms with E-state index in [9.17, 15) is 0 Å². The van der Waals surface area contributed by atoms with Gasteiger partial charge in [0.1, 0.15) is 5.84 Å². The van der Waals surface area contributed by atoms with Crippen molar-refractivity contribution in [2.75, 3.05) is 52.4 Å². The average molecular weight is 388 g/mol. The number of rotatable bonds is 5. The number of aliphatic hydroxyl groups excluding tert-OH is 1. The first-order chi connectivity index (χ1) is 14.8. The monoisotopic (exact) mass is 387 g/mol. The lowest BCUT2D eigenvalue weighted by Crippen LogP contribution is -2.49. The molecule has 4 rings (SSSR count). The summed E-state index contributed by atoms with van der Waals surface area (Å²) in [6.45, 7) is -3.63. The first-order valence-electron chi connectivity index (χ1n) is 11.0. The van der Waals surface area contributed by atoms with Crippen molar-refractivity contribution in [2.45, 2.75) is 9.79 Å². The van der Waals surface area contributed by atoms with Crippen molar-refractivity contribution in [2.24, 2.45) is 4.99 Å². The molecule has 0 saturated carbocycles. The molecule has 1 fully saturated rings. The van der Waals surface area contributed by atoms with E-state index < -0.39 is 13.0 Å². The van der Waals surface area contributed by atoms with Crippen LogP contribution in [-0.4, -0.2) is 73.2 Å². The Labute approximate surface area is 170 Å². The summed E-state index contributed by atoms with van der Waals surface area (Å²) in [4.78, 5) is 9.80. The molecule has 2 aliphatic heterocycles. The number of amidine groups is 1. The average Bonchev–Trinajstić information content (AvgIpc) is 2.88. The van der Waals surface area contributed by atoms with Gasteiger partial charge >= 0.3 is 0 Å². The fourth-order valence-electron chi connectivity index (χ4n) is 2.99. The Balaban J connectivity index is 1.67. The molecule has 0 aliphatic carbocycles. The highest BCUT2D eigenvalue weighted by atomic mass is 32.2. The van der Waals surface area contributed by atoms with E-state index in [0.29, 0.717) is 5.84 Å². The number of ether oxygens (including phenoxy) is 1. The molecular weight excluding hydrogens is 358 g/mol. The maximum Gasteiger partial charge on any atom is 0.137 e. The fourth-order valence-corrected chi connectivity index (χ4v) is 4.01. The third kappa shape index (κ3) is 4.35. The molecule has 1 saturated heterocycles. The molecule has 142 valence electrons. The van der Waals surface area contributed by atoms with Crippen LogP contribution in [0.2, 0.25) is 0 Å². The Hall–Kier alpha value is -1.86. The molecule has 0 bridgehead atoms. The highest BCUT2D eigenvalue weighted by molar-refractivity contribution is 7.99. The Morgan fingerprint density at radius 3 is 2.59 bits per heavy atom. The number of hydrogen-bond acceptors (Lipinski definition) is 6. The third-order valence-electron chi connectivity index (χ3n) is 4.34. The lowest BCUT2D eigenvalue weighted by atomic mass is 10.1. The molecule has 6 heteroatoms. The molecule has 1 N–H and O–H groups in total. The van der Waals surface area contributed by atoms with Crippen molar-refractivity contribution in [3.63, 3.8) is 0 Å². The number of aliphatic hydroxyl groups is 1. The van der Waals surface area contributed by atoms with Gasteiger partial charge in [0.2, 0.25) is 0 Å². The van der Waals surface area contributed by atoms with Gasteiger partial charge in [0.25, 0.3) is 0 Å². The Morgan fingerprint density at radius 1 is 1.04 bits per heavy atom. The van der Waals surface area contributed by atoms with E-state index in [1.54, 1.807) is 16.7 Å². The highest BCUT2D eigenvalue weighted by Gasteiger charge is 2.24. The highest BCUT2D eigenvalue weighted by Crippen LogP contribution is 2.40. The molecular formula is C21H25N3O2S. The van der Waals surface area contributed by atoms with Crippen LogP contribution in [0.5, 0.6) is 0 Å². The predicted octanol–water partition coefficient (Wildman–Crippen LogP) is 2.86. The molecule has 2 aliphatic rings. The zero-order valence-corrected chi connectivity index (χ0v) is 15.8. The molecule has 0 unspecified atom stereocenters. The maximum absolute atomic E-state index is 8.85. The Bertz CT molecular complexity index is 955. The molecule has 2 aromatic rings. The number of nitrogens with zero attached hydrogens (tertiary/aromatic N) is 3. The third-order valence-corrected chi connectivity index (χ3v) is 5.48. The van der Waals surface area contributed by atoms with Gasteiger partial charge in [-0.3, -0.25) is 4.90 Å². The van der Waals surface area contributed by atoms with Crippen LogP contribution in [0.1, 0.15) is 11.0 Å². The number of fused-ring (bicyclic) bond motifs is 2. The van der Waals surface area contributed by atoms with Crippen molar-refractivity contribution in [1.29, 1.82) is 0 Å². The van der Waals surface area contributed by atoms with Crippen LogP contribution in [0, 0.1) is 0 Å². The number of aliphatic imine (C=N–C) groups is 1. The molecule has 2 aromatic carbocycles. The van der Waals surface area contributed by atoms with Gasteiger partial charge in [-0.15, -0.1) is 0 Å². The van der Waals surface area contributed by atoms with Crippen molar-refractivity contribution in [3.8, 4) is 0 Å². The van der Waals surface area contributed by atoms with Crippen molar-refractivity contribution >= 4 is 23.3 Å². The summed E-state index contributed by atoms with van der Waals surface area (Å²) < 4.78 is 39.6. The lowest BCUT2D eigenvalue weighted by molar-refractivity contribution is 0.0652. The van der Waals surface area contributed by atoms with E-state index >= 15 is 0 Å². The molecule has 0 amide bonds. The predicted molar refractivity (Wildman–Crippen MR) is 109 cm³/mol. The van der Waals surface area contributed by atoms with Crippen molar-refractivity contribution in [1.82, 2.24) is 9.80 Å². The summed E-state index contributed by atoms with van der Waals surface area (Å²) in [6, 6.07) is 15.6. The molecule has 27 heavy (non-hydrogen) atoms. The molecule has 5 nitrogen and oxygen atoms in total. The summed E-state index contributed by atoms with van der Waals surface area (Å²) in [5.74, 6) is 0.581. The van der Waals surface area contributed by atoms with Crippen LogP contribution in [0.25, 0.3) is 0 Å². The van der Waals surface area contributed by atoms with Crippen molar-refractivity contribution in [3.05, 3.63) is 54.1 Å². The van der Waals surface area contributed by atoms with Crippen LogP contribution in [0.3, 0.4) is 0 Å². The topological polar surface area (TPSA) is 48.3 Å². The minimum absolute atomic E-state index is 0.0213. The summed E-state index contributed by atoms with van der Waals surface area (Å²) in [5, 5.41) is 8.85. The van der Waals surface area contributed by atoms with Gasteiger partial charge in [-0.1, -0.05) is 42.1 Å². The summed E-state index contributed by atoms with van der Waals surface area (Å²) in [7, 11) is 0. The molecule has 0 aromatic heterocycles. The second-order valence-electron chi connectivity index (χ2n) is 6.16. The maximum atomic E-state index is 8.85. The Kier molecular flexibility index (Phi) is 4.67. The largest absolute Gasteiger partial charge is 0.394 e. The van der Waals surface area contributed by atoms with E-state index in [4.69, 9.17) is 20.3 Å². The number of benzene rings is 2. The SMILES string of the molecule is [2H]C1([2H])CN(C2=Nc3ccccc3Sc3ccccc32)CC([2H])([2H])N1CCOCCO. The van der Waals surface area contributed by atoms with Gasteiger partial charge in [0.15, 0.2) is 0 Å². The summed E-state index contributed by atoms with van der Waals surface area (Å²) in [6.07, 6.45) is 0. The lowest BCUT2D eigenvalue weighted by Gasteiger charge is -2.36. The first-order valence-corrected chi connectivity index (χ1v) is 9.80. The normalized spacial score (nSPS) is 23.0. The molecule has 0 radical (unpaired) electrons. The zero-order chi connectivity index (χ0) is 22.1. The van der Waals surface area contributed by atoms with E-state index in [1.165, 1.54) is 4.90 Å². The number of hydrogen-bond donors (Lipinski definition) is 1. The van der Waals surface area contributed by atoms with Gasteiger partial charge in [-0.2, -0.15) is 0 Å². The molecule has 2 heterocycles. The quantitative estimate of drug-likeness (QED) is 0.800. The van der Waals surface area contributed by atoms with Crippen LogP contribution < -0.4 is 0 Å². The zero-order valence-electron chi connectivity index (χ0n) is 19.0. The minimum atomic E-state index is -1.93. The van der Waals surface area contributed by atoms with Gasteiger partial charge in [0.05, 0.1) is 25.5 Å². The van der Waals surface area contributed by atoms with Crippen LogP contribution in [-0.2, 0) is 4.74 Å². The van der Waals surface area contributed by atoms with Crippen molar-refractivity contribution < 1.29 is 15.3 Å². The minimum Gasteiger partial charge on any atom is -0.394 e. The van der Waals surface area contributed by atoms with E-state index in [0.717, 1.165) is 21.0 Å². The van der Waals surface area contributed by atoms with Gasteiger partial charge in [-0.25, -0.2) is 4.99 Å². The second-order valence-corrected chi connectivity index (χ2v) is 7.25. The molecule has 0 atom stereocenters. The summed E-state index contributed by atoms with van der Waals surface area (Å²) in [5.41, 5.74) is 1.66. The van der Waals surface area contributed by atoms with Gasteiger partial charge in [-0.05, 0) is 18.2 Å². The van der Waals surface area contributed by atoms with E-state index in [1.807, 2.05) is 48.5 Å².